The summed E-state index contributed by atoms with van der Waals surface area (Å²) in [7, 11) is 0. The first-order valence-electron chi connectivity index (χ1n) is 8.35. The van der Waals surface area contributed by atoms with E-state index in [4.69, 9.17) is 9.15 Å². The smallest absolute Gasteiger partial charge is 0.358 e. The van der Waals surface area contributed by atoms with Crippen molar-refractivity contribution in [1.82, 2.24) is 4.98 Å². The average Bonchev–Trinajstić information content (AvgIpc) is 3.13. The van der Waals surface area contributed by atoms with Crippen LogP contribution in [0.3, 0.4) is 0 Å². The molecule has 4 nitrogen and oxygen atoms in total. The monoisotopic (exact) mass is 335 g/mol. The number of thiazole rings is 1. The third kappa shape index (κ3) is 5.20. The van der Waals surface area contributed by atoms with Crippen LogP contribution in [0.5, 0.6) is 0 Å². The number of carbonyl (C=O) groups excluding carboxylic acids is 1. The summed E-state index contributed by atoms with van der Waals surface area (Å²) in [5, 5.41) is 1.02. The van der Waals surface area contributed by atoms with E-state index in [1.165, 1.54) is 0 Å². The maximum Gasteiger partial charge on any atom is 0.358 e. The molecule has 0 aromatic carbocycles. The zero-order valence-corrected chi connectivity index (χ0v) is 15.0. The van der Waals surface area contributed by atoms with Crippen LogP contribution in [0.4, 0.5) is 0 Å². The largest absolute Gasteiger partial charge is 0.466 e. The molecule has 23 heavy (non-hydrogen) atoms. The summed E-state index contributed by atoms with van der Waals surface area (Å²) in [5.41, 5.74) is 0.481. The Labute approximate surface area is 141 Å². The standard InChI is InChI=1S/C18H25NO3S/c1-4-14-11-12-15(22-14)9-7-6-8-10-16-19-17(13(3)23-16)18(20)21-5-2/h11-12H,4-10H2,1-3H3. The van der Waals surface area contributed by atoms with Gasteiger partial charge in [-0.1, -0.05) is 13.3 Å². The Kier molecular flexibility index (Phi) is 6.84. The van der Waals surface area contributed by atoms with Crippen molar-refractivity contribution >= 4 is 17.3 Å². The van der Waals surface area contributed by atoms with Gasteiger partial charge in [-0.25, -0.2) is 9.78 Å². The van der Waals surface area contributed by atoms with Crippen molar-refractivity contribution in [3.05, 3.63) is 39.2 Å². The van der Waals surface area contributed by atoms with Gasteiger partial charge in [0, 0.05) is 17.7 Å². The van der Waals surface area contributed by atoms with Gasteiger partial charge in [0.05, 0.1) is 11.6 Å². The summed E-state index contributed by atoms with van der Waals surface area (Å²) < 4.78 is 10.7. The van der Waals surface area contributed by atoms with Crippen LogP contribution in [0.2, 0.25) is 0 Å². The average molecular weight is 335 g/mol. The minimum atomic E-state index is -0.308. The zero-order chi connectivity index (χ0) is 16.7. The number of aromatic nitrogens is 1. The lowest BCUT2D eigenvalue weighted by molar-refractivity contribution is 0.0519. The molecule has 0 aliphatic carbocycles. The number of hydrogen-bond donors (Lipinski definition) is 0. The Balaban J connectivity index is 1.72. The highest BCUT2D eigenvalue weighted by atomic mass is 32.1. The number of carbonyl (C=O) groups is 1. The minimum Gasteiger partial charge on any atom is -0.466 e. The van der Waals surface area contributed by atoms with Crippen molar-refractivity contribution in [3.8, 4) is 0 Å². The fourth-order valence-electron chi connectivity index (χ4n) is 2.45. The third-order valence-electron chi connectivity index (χ3n) is 3.69. The number of furan rings is 1. The van der Waals surface area contributed by atoms with Crippen LogP contribution in [-0.4, -0.2) is 17.6 Å². The lowest BCUT2D eigenvalue weighted by atomic mass is 10.1. The second kappa shape index (κ2) is 8.87. The van der Waals surface area contributed by atoms with Gasteiger partial charge in [-0.2, -0.15) is 0 Å². The maximum absolute atomic E-state index is 11.8. The van der Waals surface area contributed by atoms with Crippen LogP contribution in [0.15, 0.2) is 16.5 Å². The molecule has 0 amide bonds. The summed E-state index contributed by atoms with van der Waals surface area (Å²) in [6.45, 7) is 6.22. The molecule has 0 atom stereocenters. The van der Waals surface area contributed by atoms with Crippen LogP contribution >= 0.6 is 11.3 Å². The normalized spacial score (nSPS) is 10.9. The highest BCUT2D eigenvalue weighted by Crippen LogP contribution is 2.21. The van der Waals surface area contributed by atoms with Crippen LogP contribution < -0.4 is 0 Å². The van der Waals surface area contributed by atoms with E-state index < -0.39 is 0 Å². The summed E-state index contributed by atoms with van der Waals surface area (Å²) in [6, 6.07) is 4.14. The second-order valence-electron chi connectivity index (χ2n) is 5.52. The number of rotatable bonds is 9. The molecule has 2 aromatic heterocycles. The Morgan fingerprint density at radius 2 is 1.91 bits per heavy atom. The second-order valence-corrected chi connectivity index (χ2v) is 6.80. The van der Waals surface area contributed by atoms with E-state index in [1.807, 2.05) is 13.8 Å². The van der Waals surface area contributed by atoms with Gasteiger partial charge in [0.2, 0.25) is 0 Å². The molecule has 2 rings (SSSR count). The first-order chi connectivity index (χ1) is 11.1. The molecule has 0 saturated heterocycles. The van der Waals surface area contributed by atoms with Crippen molar-refractivity contribution in [1.29, 1.82) is 0 Å². The van der Waals surface area contributed by atoms with Gasteiger partial charge >= 0.3 is 5.97 Å². The number of nitrogens with zero attached hydrogens (tertiary/aromatic N) is 1. The van der Waals surface area contributed by atoms with Crippen molar-refractivity contribution in [3.63, 3.8) is 0 Å². The Morgan fingerprint density at radius 3 is 2.61 bits per heavy atom. The van der Waals surface area contributed by atoms with Gasteiger partial charge in [-0.15, -0.1) is 11.3 Å². The highest BCUT2D eigenvalue weighted by molar-refractivity contribution is 7.11. The molecular weight excluding hydrogens is 310 g/mol. The molecule has 0 radical (unpaired) electrons. The van der Waals surface area contributed by atoms with Crippen LogP contribution in [0.25, 0.3) is 0 Å². The van der Waals surface area contributed by atoms with Crippen molar-refractivity contribution in [2.24, 2.45) is 0 Å². The molecular formula is C18H25NO3S. The fraction of sp³-hybridized carbons (Fsp3) is 0.556. The summed E-state index contributed by atoms with van der Waals surface area (Å²) in [6.07, 6.45) is 6.19. The Hall–Kier alpha value is -1.62. The van der Waals surface area contributed by atoms with E-state index in [0.29, 0.717) is 12.3 Å². The molecule has 0 bridgehead atoms. The van der Waals surface area contributed by atoms with Gasteiger partial charge in [-0.3, -0.25) is 0 Å². The predicted octanol–water partition coefficient (Wildman–Crippen LogP) is 4.74. The fourth-order valence-corrected chi connectivity index (χ4v) is 3.41. The topological polar surface area (TPSA) is 52.3 Å². The van der Waals surface area contributed by atoms with E-state index in [2.05, 4.69) is 24.0 Å². The van der Waals surface area contributed by atoms with E-state index >= 15 is 0 Å². The number of ether oxygens (including phenoxy) is 1. The number of aryl methyl sites for hydroxylation is 4. The van der Waals surface area contributed by atoms with Gasteiger partial charge < -0.3 is 9.15 Å². The predicted molar refractivity (Wildman–Crippen MR) is 92.2 cm³/mol. The molecule has 0 N–H and O–H groups in total. The van der Waals surface area contributed by atoms with Gasteiger partial charge in [-0.05, 0) is 45.2 Å². The van der Waals surface area contributed by atoms with Crippen LogP contribution in [-0.2, 0) is 24.0 Å². The first kappa shape index (κ1) is 17.7. The Morgan fingerprint density at radius 1 is 1.17 bits per heavy atom. The molecule has 5 heteroatoms. The van der Waals surface area contributed by atoms with Gasteiger partial charge in [0.15, 0.2) is 5.69 Å². The Bertz CT molecular complexity index is 630. The molecule has 0 spiro atoms. The van der Waals surface area contributed by atoms with E-state index in [0.717, 1.165) is 59.9 Å². The highest BCUT2D eigenvalue weighted by Gasteiger charge is 2.16. The van der Waals surface area contributed by atoms with Crippen molar-refractivity contribution in [2.45, 2.75) is 59.3 Å². The van der Waals surface area contributed by atoms with Crippen molar-refractivity contribution < 1.29 is 13.9 Å². The molecule has 126 valence electrons. The zero-order valence-electron chi connectivity index (χ0n) is 14.2. The first-order valence-corrected chi connectivity index (χ1v) is 9.16. The lowest BCUT2D eigenvalue weighted by Crippen LogP contribution is -2.06. The quantitative estimate of drug-likeness (QED) is 0.490. The number of hydrogen-bond acceptors (Lipinski definition) is 5. The lowest BCUT2D eigenvalue weighted by Gasteiger charge is -1.99. The maximum atomic E-state index is 11.8. The minimum absolute atomic E-state index is 0.308. The summed E-state index contributed by atoms with van der Waals surface area (Å²) in [5.74, 6) is 1.83. The molecule has 0 saturated carbocycles. The number of unbranched alkanes of at least 4 members (excludes halogenated alkanes) is 2. The molecule has 0 unspecified atom stereocenters. The molecule has 0 aliphatic rings. The molecule has 2 heterocycles. The van der Waals surface area contributed by atoms with Crippen LogP contribution in [0.1, 0.15) is 65.0 Å². The third-order valence-corrected chi connectivity index (χ3v) is 4.72. The summed E-state index contributed by atoms with van der Waals surface area (Å²) >= 11 is 1.60. The van der Waals surface area contributed by atoms with Crippen LogP contribution in [0, 0.1) is 6.92 Å². The van der Waals surface area contributed by atoms with E-state index in [-0.39, 0.29) is 5.97 Å². The van der Waals surface area contributed by atoms with Gasteiger partial charge in [0.1, 0.15) is 11.5 Å². The van der Waals surface area contributed by atoms with Gasteiger partial charge in [0.25, 0.3) is 0 Å². The van der Waals surface area contributed by atoms with E-state index in [9.17, 15) is 4.79 Å². The molecule has 2 aromatic rings. The van der Waals surface area contributed by atoms with Crippen molar-refractivity contribution in [2.75, 3.05) is 6.61 Å². The number of esters is 1. The van der Waals surface area contributed by atoms with E-state index in [1.54, 1.807) is 11.3 Å². The molecule has 0 aliphatic heterocycles. The summed E-state index contributed by atoms with van der Waals surface area (Å²) in [4.78, 5) is 17.1. The SMILES string of the molecule is CCOC(=O)c1nc(CCCCCc2ccc(CC)o2)sc1C. The molecule has 0 fully saturated rings.